The fourth-order valence-corrected chi connectivity index (χ4v) is 2.24. The molecule has 7 heteroatoms. The van der Waals surface area contributed by atoms with E-state index >= 15 is 0 Å². The second kappa shape index (κ2) is 7.08. The van der Waals surface area contributed by atoms with Gasteiger partial charge in [0.25, 0.3) is 5.89 Å². The summed E-state index contributed by atoms with van der Waals surface area (Å²) < 4.78 is 24.3. The summed E-state index contributed by atoms with van der Waals surface area (Å²) in [5.74, 6) is 1.40. The Labute approximate surface area is 138 Å². The second-order valence-electron chi connectivity index (χ2n) is 5.10. The van der Waals surface area contributed by atoms with E-state index in [0.29, 0.717) is 36.2 Å². The highest BCUT2D eigenvalue weighted by Gasteiger charge is 2.12. The molecule has 0 saturated heterocycles. The van der Waals surface area contributed by atoms with E-state index < -0.39 is 0 Å². The summed E-state index contributed by atoms with van der Waals surface area (Å²) in [6.45, 7) is 4.39. The number of anilines is 1. The third kappa shape index (κ3) is 3.51. The van der Waals surface area contributed by atoms with Crippen molar-refractivity contribution in [3.8, 4) is 17.2 Å². The standard InChI is InChI=1S/C17H17FN4O2/c1-3-23-15-7-6-12(9-14(15)18)10-20-16-13(5-4-8-19-16)17-21-11(2)22-24-17/h4-9H,3,10H2,1-2H3,(H,19,20). The molecule has 3 rings (SSSR count). The first-order chi connectivity index (χ1) is 11.7. The number of hydrogen-bond acceptors (Lipinski definition) is 6. The van der Waals surface area contributed by atoms with Crippen molar-refractivity contribution in [3.05, 3.63) is 53.7 Å². The van der Waals surface area contributed by atoms with Crippen LogP contribution in [-0.4, -0.2) is 21.7 Å². The Morgan fingerprint density at radius 2 is 2.17 bits per heavy atom. The number of ether oxygens (including phenoxy) is 1. The molecule has 0 atom stereocenters. The summed E-state index contributed by atoms with van der Waals surface area (Å²) in [6.07, 6.45) is 1.66. The molecule has 0 spiro atoms. The lowest BCUT2D eigenvalue weighted by Gasteiger charge is -2.10. The Balaban J connectivity index is 1.77. The topological polar surface area (TPSA) is 73.1 Å². The smallest absolute Gasteiger partial charge is 0.261 e. The number of halogens is 1. The van der Waals surface area contributed by atoms with Gasteiger partial charge in [0.15, 0.2) is 17.4 Å². The fraction of sp³-hybridized carbons (Fsp3) is 0.235. The van der Waals surface area contributed by atoms with Crippen LogP contribution < -0.4 is 10.1 Å². The highest BCUT2D eigenvalue weighted by atomic mass is 19.1. The van der Waals surface area contributed by atoms with Gasteiger partial charge in [0.2, 0.25) is 0 Å². The molecule has 0 amide bonds. The van der Waals surface area contributed by atoms with Gasteiger partial charge in [-0.2, -0.15) is 4.98 Å². The minimum absolute atomic E-state index is 0.251. The Morgan fingerprint density at radius 1 is 1.29 bits per heavy atom. The normalized spacial score (nSPS) is 10.6. The highest BCUT2D eigenvalue weighted by molar-refractivity contribution is 5.68. The monoisotopic (exact) mass is 328 g/mol. The molecule has 0 aliphatic carbocycles. The van der Waals surface area contributed by atoms with Gasteiger partial charge in [0.05, 0.1) is 12.2 Å². The SMILES string of the molecule is CCOc1ccc(CNc2ncccc2-c2nc(C)no2)cc1F. The first-order valence-corrected chi connectivity index (χ1v) is 7.58. The maximum Gasteiger partial charge on any atom is 0.261 e. The molecule has 0 bridgehead atoms. The van der Waals surface area contributed by atoms with Crippen LogP contribution in [0.1, 0.15) is 18.3 Å². The number of aromatic nitrogens is 3. The van der Waals surface area contributed by atoms with Gasteiger partial charge in [-0.25, -0.2) is 9.37 Å². The summed E-state index contributed by atoms with van der Waals surface area (Å²) in [6, 6.07) is 8.49. The lowest BCUT2D eigenvalue weighted by atomic mass is 10.2. The molecule has 0 radical (unpaired) electrons. The highest BCUT2D eigenvalue weighted by Crippen LogP contribution is 2.25. The van der Waals surface area contributed by atoms with Gasteiger partial charge < -0.3 is 14.6 Å². The van der Waals surface area contributed by atoms with Crippen LogP contribution in [0.25, 0.3) is 11.5 Å². The zero-order chi connectivity index (χ0) is 16.9. The lowest BCUT2D eigenvalue weighted by molar-refractivity contribution is 0.321. The number of nitrogens with one attached hydrogen (secondary N) is 1. The molecular weight excluding hydrogens is 311 g/mol. The van der Waals surface area contributed by atoms with E-state index in [1.807, 2.05) is 13.0 Å². The average molecular weight is 328 g/mol. The maximum atomic E-state index is 13.9. The molecule has 1 aromatic carbocycles. The summed E-state index contributed by atoms with van der Waals surface area (Å²) in [5.41, 5.74) is 1.47. The number of rotatable bonds is 6. The largest absolute Gasteiger partial charge is 0.491 e. The molecule has 3 aromatic rings. The van der Waals surface area contributed by atoms with Crippen molar-refractivity contribution in [2.75, 3.05) is 11.9 Å². The van der Waals surface area contributed by atoms with Gasteiger partial charge >= 0.3 is 0 Å². The molecule has 2 aromatic heterocycles. The van der Waals surface area contributed by atoms with Crippen molar-refractivity contribution in [1.29, 1.82) is 0 Å². The first kappa shape index (κ1) is 15.9. The van der Waals surface area contributed by atoms with E-state index in [1.165, 1.54) is 6.07 Å². The zero-order valence-corrected chi connectivity index (χ0v) is 13.4. The minimum atomic E-state index is -0.384. The molecule has 2 heterocycles. The third-order valence-electron chi connectivity index (χ3n) is 3.32. The van der Waals surface area contributed by atoms with Crippen molar-refractivity contribution in [1.82, 2.24) is 15.1 Å². The van der Waals surface area contributed by atoms with Gasteiger partial charge in [-0.3, -0.25) is 0 Å². The van der Waals surface area contributed by atoms with Crippen LogP contribution in [0.4, 0.5) is 10.2 Å². The van der Waals surface area contributed by atoms with Crippen LogP contribution in [0.15, 0.2) is 41.1 Å². The van der Waals surface area contributed by atoms with E-state index in [4.69, 9.17) is 9.26 Å². The summed E-state index contributed by atoms with van der Waals surface area (Å²) >= 11 is 0. The van der Waals surface area contributed by atoms with Gasteiger partial charge in [-0.1, -0.05) is 11.2 Å². The Hall–Kier alpha value is -2.96. The van der Waals surface area contributed by atoms with Crippen molar-refractivity contribution in [3.63, 3.8) is 0 Å². The van der Waals surface area contributed by atoms with Crippen LogP contribution in [0.5, 0.6) is 5.75 Å². The van der Waals surface area contributed by atoms with Crippen molar-refractivity contribution in [2.24, 2.45) is 0 Å². The van der Waals surface area contributed by atoms with Crippen molar-refractivity contribution < 1.29 is 13.7 Å². The average Bonchev–Trinajstić information content (AvgIpc) is 3.02. The Bertz CT molecular complexity index is 835. The van der Waals surface area contributed by atoms with Crippen LogP contribution in [-0.2, 0) is 6.54 Å². The minimum Gasteiger partial charge on any atom is -0.491 e. The number of pyridine rings is 1. The summed E-state index contributed by atoms with van der Waals surface area (Å²) in [4.78, 5) is 8.50. The molecule has 6 nitrogen and oxygen atoms in total. The van der Waals surface area contributed by atoms with Gasteiger partial charge in [-0.15, -0.1) is 0 Å². The van der Waals surface area contributed by atoms with Crippen LogP contribution in [0.2, 0.25) is 0 Å². The summed E-state index contributed by atoms with van der Waals surface area (Å²) in [7, 11) is 0. The predicted molar refractivity (Wildman–Crippen MR) is 87.2 cm³/mol. The summed E-state index contributed by atoms with van der Waals surface area (Å²) in [5, 5.41) is 6.96. The maximum absolute atomic E-state index is 13.9. The number of nitrogens with zero attached hydrogens (tertiary/aromatic N) is 3. The second-order valence-corrected chi connectivity index (χ2v) is 5.10. The number of hydrogen-bond donors (Lipinski definition) is 1. The number of benzene rings is 1. The van der Waals surface area contributed by atoms with Crippen LogP contribution in [0.3, 0.4) is 0 Å². The Kier molecular flexibility index (Phi) is 4.69. The molecule has 0 aliphatic heterocycles. The van der Waals surface area contributed by atoms with Crippen LogP contribution in [0, 0.1) is 12.7 Å². The Morgan fingerprint density at radius 3 is 2.88 bits per heavy atom. The van der Waals surface area contributed by atoms with Crippen molar-refractivity contribution >= 4 is 5.82 Å². The van der Waals surface area contributed by atoms with E-state index in [-0.39, 0.29) is 11.6 Å². The third-order valence-corrected chi connectivity index (χ3v) is 3.32. The van der Waals surface area contributed by atoms with E-state index in [1.54, 1.807) is 31.3 Å². The van der Waals surface area contributed by atoms with E-state index in [9.17, 15) is 4.39 Å². The van der Waals surface area contributed by atoms with E-state index in [0.717, 1.165) is 5.56 Å². The van der Waals surface area contributed by atoms with Gasteiger partial charge in [-0.05, 0) is 43.7 Å². The van der Waals surface area contributed by atoms with Gasteiger partial charge in [0, 0.05) is 12.7 Å². The number of aryl methyl sites for hydroxylation is 1. The molecule has 24 heavy (non-hydrogen) atoms. The van der Waals surface area contributed by atoms with Crippen LogP contribution >= 0.6 is 0 Å². The molecule has 124 valence electrons. The van der Waals surface area contributed by atoms with Crippen molar-refractivity contribution in [2.45, 2.75) is 20.4 Å². The zero-order valence-electron chi connectivity index (χ0n) is 13.4. The quantitative estimate of drug-likeness (QED) is 0.745. The van der Waals surface area contributed by atoms with Gasteiger partial charge in [0.1, 0.15) is 5.82 Å². The molecular formula is C17H17FN4O2. The predicted octanol–water partition coefficient (Wildman–Crippen LogP) is 3.59. The molecule has 0 fully saturated rings. The lowest BCUT2D eigenvalue weighted by Crippen LogP contribution is -2.04. The van der Waals surface area contributed by atoms with E-state index in [2.05, 4.69) is 20.4 Å². The molecule has 0 unspecified atom stereocenters. The molecule has 0 aliphatic rings. The first-order valence-electron chi connectivity index (χ1n) is 7.58. The molecule has 0 saturated carbocycles. The molecule has 1 N–H and O–H groups in total. The fourth-order valence-electron chi connectivity index (χ4n) is 2.24.